The number of phenols is 1. The van der Waals surface area contributed by atoms with Gasteiger partial charge in [-0.25, -0.2) is 14.8 Å². The smallest absolute Gasteiger partial charge is 0.339 e. The average Bonchev–Trinajstić information content (AvgIpc) is 2.79. The van der Waals surface area contributed by atoms with Crippen LogP contribution in [0.5, 0.6) is 5.75 Å². The third-order valence-corrected chi connectivity index (χ3v) is 4.79. The molecule has 0 aliphatic rings. The largest absolute Gasteiger partial charge is 0.507 e. The van der Waals surface area contributed by atoms with Crippen LogP contribution in [0.25, 0.3) is 11.3 Å². The number of nitrogens with one attached hydrogen (secondary N) is 2. The van der Waals surface area contributed by atoms with E-state index in [0.717, 1.165) is 11.3 Å². The highest BCUT2D eigenvalue weighted by Crippen LogP contribution is 2.24. The molecule has 0 unspecified atom stereocenters. The van der Waals surface area contributed by atoms with Crippen LogP contribution in [0, 0.1) is 6.92 Å². The van der Waals surface area contributed by atoms with Crippen molar-refractivity contribution in [2.24, 2.45) is 0 Å². The number of rotatable bonds is 6. The molecule has 1 amide bonds. The molecule has 8 heteroatoms. The summed E-state index contributed by atoms with van der Waals surface area (Å²) >= 11 is 0. The SMILES string of the molecule is Cc1nc(Nc2cccc(C(=O)Nc3ccc(C(=O)O)c(O)c3)c2)cc(-c2ccccc2)n1. The van der Waals surface area contributed by atoms with Crippen LogP contribution in [-0.2, 0) is 0 Å². The van der Waals surface area contributed by atoms with E-state index in [4.69, 9.17) is 5.11 Å². The molecule has 0 atom stereocenters. The van der Waals surface area contributed by atoms with Gasteiger partial charge in [-0.1, -0.05) is 36.4 Å². The predicted octanol–water partition coefficient (Wildman–Crippen LogP) is 4.85. The molecule has 8 nitrogen and oxygen atoms in total. The molecular weight excluding hydrogens is 420 g/mol. The zero-order chi connectivity index (χ0) is 23.4. The highest BCUT2D eigenvalue weighted by molar-refractivity contribution is 6.05. The van der Waals surface area contributed by atoms with Crippen LogP contribution >= 0.6 is 0 Å². The molecule has 3 aromatic carbocycles. The summed E-state index contributed by atoms with van der Waals surface area (Å²) in [4.78, 5) is 32.6. The van der Waals surface area contributed by atoms with Crippen molar-refractivity contribution >= 4 is 29.1 Å². The number of carboxylic acid groups (broad SMARTS) is 1. The van der Waals surface area contributed by atoms with E-state index < -0.39 is 17.6 Å². The molecule has 0 aliphatic carbocycles. The second kappa shape index (κ2) is 9.19. The molecule has 0 bridgehead atoms. The normalized spacial score (nSPS) is 10.5. The van der Waals surface area contributed by atoms with Gasteiger partial charge in [0.25, 0.3) is 5.91 Å². The zero-order valence-electron chi connectivity index (χ0n) is 17.6. The van der Waals surface area contributed by atoms with Crippen molar-refractivity contribution < 1.29 is 19.8 Å². The number of carbonyl (C=O) groups is 2. The Kier molecular flexibility index (Phi) is 5.99. The van der Waals surface area contributed by atoms with Crippen LogP contribution in [0.3, 0.4) is 0 Å². The molecule has 4 aromatic rings. The highest BCUT2D eigenvalue weighted by atomic mass is 16.4. The number of carbonyl (C=O) groups excluding carboxylic acids is 1. The summed E-state index contributed by atoms with van der Waals surface area (Å²) < 4.78 is 0. The van der Waals surface area contributed by atoms with E-state index in [0.29, 0.717) is 22.9 Å². The minimum atomic E-state index is -1.25. The molecule has 0 spiro atoms. The van der Waals surface area contributed by atoms with E-state index in [1.807, 2.05) is 49.4 Å². The van der Waals surface area contributed by atoms with Gasteiger partial charge >= 0.3 is 5.97 Å². The van der Waals surface area contributed by atoms with E-state index in [-0.39, 0.29) is 11.3 Å². The van der Waals surface area contributed by atoms with Crippen molar-refractivity contribution in [1.82, 2.24) is 9.97 Å². The van der Waals surface area contributed by atoms with Crippen molar-refractivity contribution in [2.45, 2.75) is 6.92 Å². The maximum absolute atomic E-state index is 12.7. The van der Waals surface area contributed by atoms with Gasteiger partial charge in [0, 0.05) is 34.6 Å². The molecule has 0 saturated heterocycles. The Morgan fingerprint density at radius 1 is 0.848 bits per heavy atom. The second-order valence-electron chi connectivity index (χ2n) is 7.25. The Bertz CT molecular complexity index is 1340. The fraction of sp³-hybridized carbons (Fsp3) is 0.0400. The number of aromatic carboxylic acids is 1. The third kappa shape index (κ3) is 5.13. The quantitative estimate of drug-likeness (QED) is 0.338. The van der Waals surface area contributed by atoms with E-state index in [2.05, 4.69) is 20.6 Å². The van der Waals surface area contributed by atoms with E-state index in [9.17, 15) is 14.7 Å². The molecule has 33 heavy (non-hydrogen) atoms. The summed E-state index contributed by atoms with van der Waals surface area (Å²) in [6.07, 6.45) is 0. The van der Waals surface area contributed by atoms with Gasteiger partial charge in [-0.15, -0.1) is 0 Å². The number of carboxylic acids is 1. The minimum absolute atomic E-state index is 0.241. The Hall–Kier alpha value is -4.72. The lowest BCUT2D eigenvalue weighted by molar-refractivity contribution is 0.0693. The monoisotopic (exact) mass is 440 g/mol. The maximum atomic E-state index is 12.7. The zero-order valence-corrected chi connectivity index (χ0v) is 17.6. The number of benzene rings is 3. The number of hydrogen-bond acceptors (Lipinski definition) is 6. The fourth-order valence-electron chi connectivity index (χ4n) is 3.27. The van der Waals surface area contributed by atoms with Crippen LogP contribution in [0.1, 0.15) is 26.5 Å². The van der Waals surface area contributed by atoms with Crippen molar-refractivity contribution in [1.29, 1.82) is 0 Å². The molecule has 1 heterocycles. The van der Waals surface area contributed by atoms with E-state index in [1.54, 1.807) is 18.2 Å². The van der Waals surface area contributed by atoms with Crippen LogP contribution < -0.4 is 10.6 Å². The summed E-state index contributed by atoms with van der Waals surface area (Å²) in [6, 6.07) is 22.3. The molecule has 0 radical (unpaired) electrons. The topological polar surface area (TPSA) is 124 Å². The van der Waals surface area contributed by atoms with Gasteiger partial charge in [0.2, 0.25) is 0 Å². The lowest BCUT2D eigenvalue weighted by atomic mass is 10.1. The lowest BCUT2D eigenvalue weighted by Crippen LogP contribution is -2.12. The third-order valence-electron chi connectivity index (χ3n) is 4.79. The summed E-state index contributed by atoms with van der Waals surface area (Å²) in [7, 11) is 0. The summed E-state index contributed by atoms with van der Waals surface area (Å²) in [5.41, 5.74) is 2.81. The Balaban J connectivity index is 1.53. The first kappa shape index (κ1) is 21.5. The molecule has 164 valence electrons. The van der Waals surface area contributed by atoms with Crippen LogP contribution in [0.4, 0.5) is 17.2 Å². The first-order chi connectivity index (χ1) is 15.9. The molecule has 0 aliphatic heterocycles. The van der Waals surface area contributed by atoms with Gasteiger partial charge in [0.05, 0.1) is 5.69 Å². The number of hydrogen-bond donors (Lipinski definition) is 4. The summed E-state index contributed by atoms with van der Waals surface area (Å²) in [6.45, 7) is 1.81. The van der Waals surface area contributed by atoms with Crippen LogP contribution in [-0.4, -0.2) is 32.1 Å². The van der Waals surface area contributed by atoms with Gasteiger partial charge in [-0.3, -0.25) is 4.79 Å². The summed E-state index contributed by atoms with van der Waals surface area (Å²) in [5, 5.41) is 24.7. The number of aromatic hydroxyl groups is 1. The minimum Gasteiger partial charge on any atom is -0.507 e. The number of aryl methyl sites for hydroxylation is 1. The number of nitrogens with zero attached hydrogens (tertiary/aromatic N) is 2. The van der Waals surface area contributed by atoms with Gasteiger partial charge in [0.1, 0.15) is 23.0 Å². The van der Waals surface area contributed by atoms with E-state index in [1.165, 1.54) is 18.2 Å². The maximum Gasteiger partial charge on any atom is 0.339 e. The second-order valence-corrected chi connectivity index (χ2v) is 7.25. The Morgan fingerprint density at radius 3 is 2.36 bits per heavy atom. The predicted molar refractivity (Wildman–Crippen MR) is 125 cm³/mol. The first-order valence-electron chi connectivity index (χ1n) is 10.0. The standard InChI is InChI=1S/C25H20N4O4/c1-15-26-21(16-6-3-2-4-7-16)14-23(27-15)28-18-9-5-8-17(12-18)24(31)29-19-10-11-20(25(32)33)22(30)13-19/h2-14,30H,1H3,(H,29,31)(H,32,33)(H,26,27,28). The summed E-state index contributed by atoms with van der Waals surface area (Å²) in [5.74, 6) is -0.890. The average molecular weight is 440 g/mol. The Morgan fingerprint density at radius 2 is 1.64 bits per heavy atom. The molecule has 0 saturated carbocycles. The Labute approximate surface area is 189 Å². The molecular formula is C25H20N4O4. The van der Waals surface area contributed by atoms with Crippen molar-refractivity contribution in [3.63, 3.8) is 0 Å². The number of anilines is 3. The molecule has 4 rings (SSSR count). The number of aromatic nitrogens is 2. The van der Waals surface area contributed by atoms with Crippen molar-refractivity contribution in [2.75, 3.05) is 10.6 Å². The van der Waals surface area contributed by atoms with Gasteiger partial charge in [-0.2, -0.15) is 0 Å². The van der Waals surface area contributed by atoms with E-state index >= 15 is 0 Å². The van der Waals surface area contributed by atoms with Gasteiger partial charge < -0.3 is 20.8 Å². The molecule has 1 aromatic heterocycles. The van der Waals surface area contributed by atoms with Gasteiger partial charge in [-0.05, 0) is 37.3 Å². The van der Waals surface area contributed by atoms with Gasteiger partial charge in [0.15, 0.2) is 0 Å². The van der Waals surface area contributed by atoms with Crippen molar-refractivity contribution in [3.8, 4) is 17.0 Å². The first-order valence-corrected chi connectivity index (χ1v) is 10.0. The van der Waals surface area contributed by atoms with Crippen LogP contribution in [0.2, 0.25) is 0 Å². The molecule has 4 N–H and O–H groups in total. The number of amides is 1. The molecule has 0 fully saturated rings. The van der Waals surface area contributed by atoms with Crippen molar-refractivity contribution in [3.05, 3.63) is 95.8 Å². The van der Waals surface area contributed by atoms with Crippen LogP contribution in [0.15, 0.2) is 78.9 Å². The fourth-order valence-corrected chi connectivity index (χ4v) is 3.27. The lowest BCUT2D eigenvalue weighted by Gasteiger charge is -2.11. The highest BCUT2D eigenvalue weighted by Gasteiger charge is 2.13.